The number of carbonyl (C=O) groups is 1. The van der Waals surface area contributed by atoms with Crippen LogP contribution in [0.5, 0.6) is 11.5 Å². The third kappa shape index (κ3) is 8.62. The molecule has 2 aromatic rings. The lowest BCUT2D eigenvalue weighted by atomic mass is 9.99. The number of hydrogen-bond acceptors (Lipinski definition) is 3. The molecule has 4 nitrogen and oxygen atoms in total. The lowest BCUT2D eigenvalue weighted by Gasteiger charge is -2.18. The Bertz CT molecular complexity index is 908. The van der Waals surface area contributed by atoms with Gasteiger partial charge in [-0.25, -0.2) is 8.78 Å². The second-order valence-electron chi connectivity index (χ2n) is 7.64. The molecule has 1 N–H and O–H groups in total. The largest absolute Gasteiger partial charge is 0.487 e. The summed E-state index contributed by atoms with van der Waals surface area (Å²) in [5.74, 6) is -1.14. The molecule has 0 fully saturated rings. The van der Waals surface area contributed by atoms with Crippen LogP contribution in [0.2, 0.25) is 0 Å². The molecule has 192 valence electrons. The number of hydrogen-bond donors (Lipinski definition) is 1. The van der Waals surface area contributed by atoms with Crippen LogP contribution in [0.15, 0.2) is 24.3 Å². The molecule has 1 aliphatic heterocycles. The van der Waals surface area contributed by atoms with Gasteiger partial charge in [-0.1, -0.05) is 54.5 Å². The highest BCUT2D eigenvalue weighted by Crippen LogP contribution is 2.39. The van der Waals surface area contributed by atoms with Gasteiger partial charge in [0.25, 0.3) is 0 Å². The first-order chi connectivity index (χ1) is 16.2. The smallest absolute Gasteiger partial charge is 0.303 e. The first-order valence-electron chi connectivity index (χ1n) is 12.4. The van der Waals surface area contributed by atoms with Crippen LogP contribution in [0.1, 0.15) is 91.0 Å². The number of aliphatic carboxylic acids is 1. The van der Waals surface area contributed by atoms with E-state index in [1.165, 1.54) is 18.2 Å². The van der Waals surface area contributed by atoms with Crippen LogP contribution in [0.25, 0.3) is 0 Å². The van der Waals surface area contributed by atoms with Crippen molar-refractivity contribution in [2.75, 3.05) is 0 Å². The zero-order chi connectivity index (χ0) is 26.5. The number of halogens is 2. The Morgan fingerprint density at radius 2 is 1.68 bits per heavy atom. The molecular weight excluding hydrogens is 438 g/mol. The van der Waals surface area contributed by atoms with E-state index in [2.05, 4.69) is 0 Å². The fourth-order valence-electron chi connectivity index (χ4n) is 3.62. The molecule has 3 rings (SSSR count). The molecule has 34 heavy (non-hydrogen) atoms. The highest BCUT2D eigenvalue weighted by Gasteiger charge is 2.32. The van der Waals surface area contributed by atoms with E-state index >= 15 is 0 Å². The van der Waals surface area contributed by atoms with Crippen LogP contribution < -0.4 is 9.47 Å². The van der Waals surface area contributed by atoms with E-state index in [1.54, 1.807) is 6.07 Å². The summed E-state index contributed by atoms with van der Waals surface area (Å²) in [6, 6.07) is 5.99. The van der Waals surface area contributed by atoms with E-state index in [4.69, 9.17) is 14.6 Å². The lowest BCUT2D eigenvalue weighted by molar-refractivity contribution is -0.136. The topological polar surface area (TPSA) is 55.8 Å². The Hall–Kier alpha value is -2.63. The zero-order valence-electron chi connectivity index (χ0n) is 22.3. The van der Waals surface area contributed by atoms with Crippen LogP contribution in [-0.2, 0) is 30.7 Å². The highest BCUT2D eigenvalue weighted by atomic mass is 19.1. The maximum atomic E-state index is 14.9. The molecule has 0 aliphatic carbocycles. The van der Waals surface area contributed by atoms with Gasteiger partial charge in [0.2, 0.25) is 0 Å². The third-order valence-electron chi connectivity index (χ3n) is 4.85. The van der Waals surface area contributed by atoms with Crippen molar-refractivity contribution in [2.24, 2.45) is 0 Å². The molecule has 2 aromatic carbocycles. The standard InChI is InChI=1S/C22H24F2O4.3C2H6/c1-4-17-13(6-8-19(25)26)5-7-18(20(17)24)27-12-15-10-16(23)9-14-11-22(2,3)28-21(14)15;3*1-2/h5,7,9-10H,4,6,8,11-12H2,1-3H3,(H,25,26);3*1-2H3. The SMILES string of the molecule is CC.CC.CC.CCc1c(CCC(=O)O)ccc(OCc2cc(F)cc3c2OC(C)(C)C3)c1F. The highest BCUT2D eigenvalue weighted by molar-refractivity contribution is 5.67. The second kappa shape index (κ2) is 15.3. The number of carboxylic acid groups (broad SMARTS) is 1. The Morgan fingerprint density at radius 3 is 2.24 bits per heavy atom. The van der Waals surface area contributed by atoms with Gasteiger partial charge in [0, 0.05) is 24.0 Å². The molecule has 0 saturated heterocycles. The molecule has 0 bridgehead atoms. The van der Waals surface area contributed by atoms with Gasteiger partial charge in [-0.05, 0) is 56.0 Å². The predicted octanol–water partition coefficient (Wildman–Crippen LogP) is 7.92. The van der Waals surface area contributed by atoms with E-state index in [-0.39, 0.29) is 31.0 Å². The summed E-state index contributed by atoms with van der Waals surface area (Å²) in [7, 11) is 0. The fourth-order valence-corrected chi connectivity index (χ4v) is 3.62. The van der Waals surface area contributed by atoms with Crippen LogP contribution in [-0.4, -0.2) is 16.7 Å². The van der Waals surface area contributed by atoms with Gasteiger partial charge >= 0.3 is 5.97 Å². The first-order valence-corrected chi connectivity index (χ1v) is 12.4. The Labute approximate surface area is 204 Å². The molecule has 0 saturated carbocycles. The normalized spacial score (nSPS) is 12.4. The lowest BCUT2D eigenvalue weighted by Crippen LogP contribution is -2.25. The monoisotopic (exact) mass is 480 g/mol. The summed E-state index contributed by atoms with van der Waals surface area (Å²) in [6.07, 6.45) is 1.22. The average Bonchev–Trinajstić information content (AvgIpc) is 3.14. The molecule has 0 atom stereocenters. The molecule has 0 aromatic heterocycles. The van der Waals surface area contributed by atoms with E-state index in [1.807, 2.05) is 62.3 Å². The van der Waals surface area contributed by atoms with Gasteiger partial charge < -0.3 is 14.6 Å². The summed E-state index contributed by atoms with van der Waals surface area (Å²) in [5.41, 5.74) is 2.00. The molecular formula is C28H42F2O4. The Balaban J connectivity index is 0.00000168. The van der Waals surface area contributed by atoms with E-state index in [0.29, 0.717) is 35.3 Å². The van der Waals surface area contributed by atoms with E-state index in [0.717, 1.165) is 5.56 Å². The summed E-state index contributed by atoms with van der Waals surface area (Å²) in [4.78, 5) is 10.8. The van der Waals surface area contributed by atoms with Gasteiger partial charge in [0.15, 0.2) is 11.6 Å². The van der Waals surface area contributed by atoms with Gasteiger partial charge in [0.1, 0.15) is 23.8 Å². The van der Waals surface area contributed by atoms with Crippen LogP contribution in [0.3, 0.4) is 0 Å². The summed E-state index contributed by atoms with van der Waals surface area (Å²) in [5, 5.41) is 8.85. The van der Waals surface area contributed by atoms with Crippen LogP contribution in [0.4, 0.5) is 8.78 Å². The second-order valence-corrected chi connectivity index (χ2v) is 7.64. The Morgan fingerprint density at radius 1 is 1.06 bits per heavy atom. The minimum atomic E-state index is -0.925. The number of ether oxygens (including phenoxy) is 2. The molecule has 1 aliphatic rings. The van der Waals surface area contributed by atoms with E-state index in [9.17, 15) is 13.6 Å². The number of carboxylic acids is 1. The molecule has 0 unspecified atom stereocenters. The number of aryl methyl sites for hydroxylation is 1. The molecule has 0 radical (unpaired) electrons. The number of fused-ring (bicyclic) bond motifs is 1. The maximum Gasteiger partial charge on any atom is 0.303 e. The molecule has 0 spiro atoms. The zero-order valence-corrected chi connectivity index (χ0v) is 22.3. The molecule has 1 heterocycles. The summed E-state index contributed by atoms with van der Waals surface area (Å²) < 4.78 is 40.4. The minimum Gasteiger partial charge on any atom is -0.487 e. The van der Waals surface area contributed by atoms with Crippen molar-refractivity contribution in [2.45, 2.75) is 100 Å². The van der Waals surface area contributed by atoms with Gasteiger partial charge in [-0.3, -0.25) is 4.79 Å². The van der Waals surface area contributed by atoms with Crippen molar-refractivity contribution >= 4 is 5.97 Å². The Kier molecular flexibility index (Phi) is 14.1. The van der Waals surface area contributed by atoms with Gasteiger partial charge in [-0.2, -0.15) is 0 Å². The van der Waals surface area contributed by atoms with Gasteiger partial charge in [-0.15, -0.1) is 0 Å². The predicted molar refractivity (Wildman–Crippen MR) is 135 cm³/mol. The minimum absolute atomic E-state index is 0.0231. The first kappa shape index (κ1) is 31.4. The number of benzene rings is 2. The van der Waals surface area contributed by atoms with Gasteiger partial charge in [0.05, 0.1) is 0 Å². The average molecular weight is 481 g/mol. The van der Waals surface area contributed by atoms with Crippen molar-refractivity contribution in [1.29, 1.82) is 0 Å². The quantitative estimate of drug-likeness (QED) is 0.437. The summed E-state index contributed by atoms with van der Waals surface area (Å²) >= 11 is 0. The summed E-state index contributed by atoms with van der Waals surface area (Å²) in [6.45, 7) is 17.6. The number of rotatable bonds is 7. The van der Waals surface area contributed by atoms with Crippen molar-refractivity contribution < 1.29 is 28.2 Å². The van der Waals surface area contributed by atoms with E-state index < -0.39 is 17.4 Å². The van der Waals surface area contributed by atoms with Crippen molar-refractivity contribution in [3.8, 4) is 11.5 Å². The van der Waals surface area contributed by atoms with Crippen molar-refractivity contribution in [3.63, 3.8) is 0 Å². The maximum absolute atomic E-state index is 14.9. The fraction of sp³-hybridized carbons (Fsp3) is 0.536. The van der Waals surface area contributed by atoms with Crippen LogP contribution in [0, 0.1) is 11.6 Å². The third-order valence-corrected chi connectivity index (χ3v) is 4.85. The van der Waals surface area contributed by atoms with Crippen molar-refractivity contribution in [3.05, 3.63) is 58.2 Å². The molecule has 0 amide bonds. The molecule has 6 heteroatoms. The van der Waals surface area contributed by atoms with Crippen molar-refractivity contribution in [1.82, 2.24) is 0 Å². The van der Waals surface area contributed by atoms with Crippen LogP contribution >= 0.6 is 0 Å².